The number of benzene rings is 2. The number of carbonyl (C=O) groups is 2. The summed E-state index contributed by atoms with van der Waals surface area (Å²) < 4.78 is 3.76. The number of fused-ring (bicyclic) bond motifs is 3. The molecule has 0 aliphatic rings. The van der Waals surface area contributed by atoms with E-state index in [1.807, 2.05) is 58.0 Å². The average Bonchev–Trinajstić information content (AvgIpc) is 3.17. The fourth-order valence-corrected chi connectivity index (χ4v) is 3.97. The van der Waals surface area contributed by atoms with E-state index in [1.165, 1.54) is 15.0 Å². The summed E-state index contributed by atoms with van der Waals surface area (Å²) in [6.07, 6.45) is 0.744. The molecule has 2 N–H and O–H groups in total. The van der Waals surface area contributed by atoms with Crippen LogP contribution in [0, 0.1) is 0 Å². The second kappa shape index (κ2) is 10.2. The molecule has 10 nitrogen and oxygen atoms in total. The summed E-state index contributed by atoms with van der Waals surface area (Å²) in [5.74, 6) is -0.575. The van der Waals surface area contributed by atoms with Crippen LogP contribution in [-0.4, -0.2) is 42.6 Å². The number of nitrogens with zero attached hydrogens (tertiary/aromatic N) is 4. The smallest absolute Gasteiger partial charge is 0.352 e. The first-order valence-electron chi connectivity index (χ1n) is 12.0. The van der Waals surface area contributed by atoms with Crippen molar-refractivity contribution in [2.45, 2.75) is 59.3 Å². The van der Waals surface area contributed by atoms with Crippen molar-refractivity contribution in [2.24, 2.45) is 0 Å². The molecule has 2 heterocycles. The zero-order chi connectivity index (χ0) is 26.0. The van der Waals surface area contributed by atoms with Crippen LogP contribution in [0.2, 0.25) is 0 Å². The summed E-state index contributed by atoms with van der Waals surface area (Å²) in [6.45, 7) is 7.41. The average molecular weight is 491 g/mol. The number of nitrogens with one attached hydrogen (secondary N) is 2. The van der Waals surface area contributed by atoms with Crippen LogP contribution in [0.5, 0.6) is 0 Å². The highest BCUT2D eigenvalue weighted by Gasteiger charge is 2.20. The van der Waals surface area contributed by atoms with E-state index in [0.717, 1.165) is 16.7 Å². The summed E-state index contributed by atoms with van der Waals surface area (Å²) in [5.41, 5.74) is 0.502. The number of carbonyl (C=O) groups excluding carboxylic acids is 2. The Morgan fingerprint density at radius 3 is 2.39 bits per heavy atom. The van der Waals surface area contributed by atoms with E-state index in [9.17, 15) is 19.2 Å². The Kier molecular flexibility index (Phi) is 7.05. The Morgan fingerprint density at radius 2 is 1.72 bits per heavy atom. The van der Waals surface area contributed by atoms with Gasteiger partial charge in [-0.1, -0.05) is 37.3 Å². The van der Waals surface area contributed by atoms with Crippen LogP contribution in [0.1, 0.15) is 50.0 Å². The Hall–Kier alpha value is -4.21. The third-order valence-corrected chi connectivity index (χ3v) is 5.96. The van der Waals surface area contributed by atoms with Crippen LogP contribution >= 0.6 is 0 Å². The van der Waals surface area contributed by atoms with Gasteiger partial charge in [-0.2, -0.15) is 0 Å². The van der Waals surface area contributed by atoms with Crippen molar-refractivity contribution in [3.63, 3.8) is 0 Å². The van der Waals surface area contributed by atoms with Gasteiger partial charge in [0.2, 0.25) is 11.7 Å². The number of rotatable bonds is 8. The fourth-order valence-electron chi connectivity index (χ4n) is 3.97. The lowest BCUT2D eigenvalue weighted by molar-refractivity contribution is -0.122. The number of hydrogen-bond acceptors (Lipinski definition) is 5. The molecule has 0 spiro atoms. The Balaban J connectivity index is 1.93. The Morgan fingerprint density at radius 1 is 1.00 bits per heavy atom. The molecule has 2 amide bonds. The van der Waals surface area contributed by atoms with Crippen molar-refractivity contribution in [3.05, 3.63) is 80.5 Å². The van der Waals surface area contributed by atoms with Crippen molar-refractivity contribution in [3.8, 4) is 0 Å². The molecule has 0 aliphatic heterocycles. The monoisotopic (exact) mass is 490 g/mol. The molecule has 4 aromatic rings. The SMILES string of the molecule is CC[C@H](C)NC(=O)Cn1nc2n(Cc3ccccc3)c(=O)c3ccc(C(=O)NC(C)C)cc3n2c1=O. The van der Waals surface area contributed by atoms with Crippen molar-refractivity contribution < 1.29 is 9.59 Å². The molecule has 36 heavy (non-hydrogen) atoms. The maximum Gasteiger partial charge on any atom is 0.352 e. The van der Waals surface area contributed by atoms with E-state index in [1.54, 1.807) is 12.1 Å². The minimum absolute atomic E-state index is 0.0515. The van der Waals surface area contributed by atoms with Gasteiger partial charge in [-0.15, -0.1) is 5.10 Å². The minimum atomic E-state index is -0.572. The molecule has 2 aromatic heterocycles. The van der Waals surface area contributed by atoms with Crippen LogP contribution < -0.4 is 21.9 Å². The van der Waals surface area contributed by atoms with E-state index in [2.05, 4.69) is 15.7 Å². The van der Waals surface area contributed by atoms with Crippen LogP contribution in [0.15, 0.2) is 58.1 Å². The quantitative estimate of drug-likeness (QED) is 0.391. The first kappa shape index (κ1) is 24.9. The van der Waals surface area contributed by atoms with E-state index < -0.39 is 5.69 Å². The molecule has 10 heteroatoms. The molecule has 0 aliphatic carbocycles. The normalized spacial score (nSPS) is 12.2. The third kappa shape index (κ3) is 4.93. The van der Waals surface area contributed by atoms with Crippen molar-refractivity contribution in [1.82, 2.24) is 29.4 Å². The molecule has 0 unspecified atom stereocenters. The first-order valence-corrected chi connectivity index (χ1v) is 12.0. The van der Waals surface area contributed by atoms with E-state index in [4.69, 9.17) is 0 Å². The van der Waals surface area contributed by atoms with Gasteiger partial charge in [0, 0.05) is 17.6 Å². The van der Waals surface area contributed by atoms with Gasteiger partial charge in [0.25, 0.3) is 11.5 Å². The summed E-state index contributed by atoms with van der Waals surface area (Å²) in [7, 11) is 0. The number of aromatic nitrogens is 4. The molecular weight excluding hydrogens is 460 g/mol. The molecule has 0 saturated heterocycles. The van der Waals surface area contributed by atoms with Gasteiger partial charge in [-0.3, -0.25) is 19.0 Å². The minimum Gasteiger partial charge on any atom is -0.352 e. The van der Waals surface area contributed by atoms with E-state index >= 15 is 0 Å². The van der Waals surface area contributed by atoms with E-state index in [0.29, 0.717) is 5.56 Å². The van der Waals surface area contributed by atoms with Gasteiger partial charge in [-0.05, 0) is 51.0 Å². The molecule has 0 radical (unpaired) electrons. The summed E-state index contributed by atoms with van der Waals surface area (Å²) in [4.78, 5) is 52.2. The maximum absolute atomic E-state index is 13.6. The molecule has 188 valence electrons. The number of amides is 2. The van der Waals surface area contributed by atoms with Gasteiger partial charge < -0.3 is 10.6 Å². The summed E-state index contributed by atoms with van der Waals surface area (Å²) in [5, 5.41) is 10.3. The predicted octanol–water partition coefficient (Wildman–Crippen LogP) is 1.91. The molecule has 2 aromatic carbocycles. The van der Waals surface area contributed by atoms with Crippen molar-refractivity contribution in [1.29, 1.82) is 0 Å². The van der Waals surface area contributed by atoms with Gasteiger partial charge >= 0.3 is 5.69 Å². The molecule has 0 fully saturated rings. The molecule has 0 bridgehead atoms. The Labute approximate surface area is 207 Å². The zero-order valence-electron chi connectivity index (χ0n) is 20.8. The lowest BCUT2D eigenvalue weighted by Crippen LogP contribution is -2.37. The second-order valence-electron chi connectivity index (χ2n) is 9.19. The standard InChI is InChI=1S/C26H30N6O4/c1-5-17(4)28-22(33)15-31-26(36)32-21-13-19(23(34)27-16(2)3)11-12-20(21)24(35)30(25(32)29-31)14-18-9-7-6-8-10-18/h6-13,16-17H,5,14-15H2,1-4H3,(H,27,34)(H,28,33)/t17-/m0/s1. The zero-order valence-corrected chi connectivity index (χ0v) is 20.8. The fraction of sp³-hybridized carbons (Fsp3) is 0.346. The number of hydrogen-bond donors (Lipinski definition) is 2. The molecule has 1 atom stereocenters. The lowest BCUT2D eigenvalue weighted by Gasteiger charge is -2.12. The molecule has 4 rings (SSSR count). The summed E-state index contributed by atoms with van der Waals surface area (Å²) in [6, 6.07) is 13.9. The maximum atomic E-state index is 13.6. The van der Waals surface area contributed by atoms with Gasteiger partial charge in [-0.25, -0.2) is 13.9 Å². The second-order valence-corrected chi connectivity index (χ2v) is 9.19. The van der Waals surface area contributed by atoms with E-state index in [-0.39, 0.29) is 59.2 Å². The van der Waals surface area contributed by atoms with Crippen LogP contribution in [0.25, 0.3) is 16.7 Å². The van der Waals surface area contributed by atoms with Crippen LogP contribution in [0.3, 0.4) is 0 Å². The van der Waals surface area contributed by atoms with Crippen molar-refractivity contribution >= 4 is 28.5 Å². The highest BCUT2D eigenvalue weighted by atomic mass is 16.2. The first-order chi connectivity index (χ1) is 17.2. The largest absolute Gasteiger partial charge is 0.352 e. The molecular formula is C26H30N6O4. The van der Waals surface area contributed by atoms with Gasteiger partial charge in [0.1, 0.15) is 6.54 Å². The van der Waals surface area contributed by atoms with Gasteiger partial charge in [0.15, 0.2) is 0 Å². The highest BCUT2D eigenvalue weighted by Crippen LogP contribution is 2.15. The highest BCUT2D eigenvalue weighted by molar-refractivity contribution is 5.98. The Bertz CT molecular complexity index is 1550. The van der Waals surface area contributed by atoms with Crippen LogP contribution in [-0.2, 0) is 17.9 Å². The topological polar surface area (TPSA) is 120 Å². The third-order valence-electron chi connectivity index (χ3n) is 5.96. The predicted molar refractivity (Wildman–Crippen MR) is 137 cm³/mol. The molecule has 0 saturated carbocycles. The van der Waals surface area contributed by atoms with Crippen LogP contribution in [0.4, 0.5) is 0 Å². The van der Waals surface area contributed by atoms with Crippen molar-refractivity contribution in [2.75, 3.05) is 0 Å². The summed E-state index contributed by atoms with van der Waals surface area (Å²) >= 11 is 0. The lowest BCUT2D eigenvalue weighted by atomic mass is 10.1. The van der Waals surface area contributed by atoms with Gasteiger partial charge in [0.05, 0.1) is 17.4 Å².